The summed E-state index contributed by atoms with van der Waals surface area (Å²) in [6.45, 7) is 0.555. The third kappa shape index (κ3) is 3.17. The molecule has 0 aliphatic rings. The van der Waals surface area contributed by atoms with Gasteiger partial charge in [-0.3, -0.25) is 9.78 Å². The van der Waals surface area contributed by atoms with E-state index in [0.717, 1.165) is 16.6 Å². The molecule has 0 saturated heterocycles. The largest absolute Gasteiger partial charge is 0.365 e. The summed E-state index contributed by atoms with van der Waals surface area (Å²) in [6, 6.07) is 12.8. The quantitative estimate of drug-likeness (QED) is 0.569. The van der Waals surface area contributed by atoms with Crippen LogP contribution in [0.1, 0.15) is 5.56 Å². The monoisotopic (exact) mass is 362 g/mol. The van der Waals surface area contributed by atoms with Crippen LogP contribution in [0.2, 0.25) is 5.02 Å². The van der Waals surface area contributed by atoms with Gasteiger partial charge in [0, 0.05) is 41.9 Å². The zero-order valence-corrected chi connectivity index (χ0v) is 14.5. The van der Waals surface area contributed by atoms with Crippen LogP contribution in [0, 0.1) is 0 Å². The average molecular weight is 363 g/mol. The summed E-state index contributed by atoms with van der Waals surface area (Å²) in [6.07, 6.45) is 6.87. The highest BCUT2D eigenvalue weighted by Gasteiger charge is 2.12. The lowest BCUT2D eigenvalue weighted by Gasteiger charge is -2.10. The number of nitrogens with zero attached hydrogens (tertiary/aromatic N) is 2. The van der Waals surface area contributed by atoms with E-state index in [1.807, 2.05) is 24.3 Å². The number of pyridine rings is 3. The fourth-order valence-corrected chi connectivity index (χ4v) is 2.95. The Morgan fingerprint density at radius 2 is 1.77 bits per heavy atom. The molecule has 4 aromatic rings. The Bertz CT molecular complexity index is 1110. The van der Waals surface area contributed by atoms with Crippen LogP contribution in [0.25, 0.3) is 22.0 Å². The molecule has 0 atom stereocenters. The molecule has 0 amide bonds. The number of hydrogen-bond acceptors (Lipinski definition) is 4. The smallest absolute Gasteiger partial charge is 0.200 e. The molecule has 0 radical (unpaired) electrons. The number of nitrogens with one attached hydrogen (secondary N) is 2. The molecule has 1 aromatic carbocycles. The maximum atomic E-state index is 13.1. The van der Waals surface area contributed by atoms with Crippen LogP contribution in [-0.2, 0) is 6.54 Å². The number of hydrogen-bond donors (Lipinski definition) is 2. The lowest BCUT2D eigenvalue weighted by Crippen LogP contribution is -2.11. The second-order valence-electron chi connectivity index (χ2n) is 5.83. The van der Waals surface area contributed by atoms with Crippen molar-refractivity contribution in [3.63, 3.8) is 0 Å². The predicted molar refractivity (Wildman–Crippen MR) is 104 cm³/mol. The molecule has 26 heavy (non-hydrogen) atoms. The number of H-pyrrole nitrogens is 1. The van der Waals surface area contributed by atoms with Crippen molar-refractivity contribution in [3.8, 4) is 11.1 Å². The van der Waals surface area contributed by atoms with Crippen molar-refractivity contribution in [3.05, 3.63) is 88.1 Å². The first-order valence-corrected chi connectivity index (χ1v) is 8.49. The van der Waals surface area contributed by atoms with Crippen molar-refractivity contribution >= 4 is 28.3 Å². The number of benzene rings is 1. The Morgan fingerprint density at radius 3 is 2.54 bits per heavy atom. The van der Waals surface area contributed by atoms with Gasteiger partial charge in [0.25, 0.3) is 0 Å². The molecule has 128 valence electrons. The lowest BCUT2D eigenvalue weighted by atomic mass is 10.1. The van der Waals surface area contributed by atoms with Gasteiger partial charge >= 0.3 is 0 Å². The van der Waals surface area contributed by atoms with Gasteiger partial charge in [-0.15, -0.1) is 0 Å². The minimum Gasteiger partial charge on any atom is -0.365 e. The van der Waals surface area contributed by atoms with Crippen molar-refractivity contribution in [1.29, 1.82) is 0 Å². The van der Waals surface area contributed by atoms with Crippen molar-refractivity contribution in [1.82, 2.24) is 15.0 Å². The Kier molecular flexibility index (Phi) is 4.37. The SMILES string of the molecule is O=c1c(-c2ccc(Cl)cc2)c[nH]c2ccnc(NCc3ccncc3)c12. The van der Waals surface area contributed by atoms with Crippen molar-refractivity contribution < 1.29 is 0 Å². The van der Waals surface area contributed by atoms with Crippen LogP contribution in [0.3, 0.4) is 0 Å². The summed E-state index contributed by atoms with van der Waals surface area (Å²) in [7, 11) is 0. The molecule has 0 unspecified atom stereocenters. The third-order valence-electron chi connectivity index (χ3n) is 4.16. The van der Waals surface area contributed by atoms with E-state index in [2.05, 4.69) is 20.3 Å². The van der Waals surface area contributed by atoms with Crippen molar-refractivity contribution in [2.45, 2.75) is 6.54 Å². The minimum atomic E-state index is -0.0774. The topological polar surface area (TPSA) is 70.7 Å². The highest BCUT2D eigenvalue weighted by molar-refractivity contribution is 6.30. The van der Waals surface area contributed by atoms with E-state index in [4.69, 9.17) is 11.6 Å². The first-order chi connectivity index (χ1) is 12.7. The minimum absolute atomic E-state index is 0.0774. The normalized spacial score (nSPS) is 10.8. The summed E-state index contributed by atoms with van der Waals surface area (Å²) in [4.78, 5) is 24.7. The summed E-state index contributed by atoms with van der Waals surface area (Å²) >= 11 is 5.95. The molecule has 0 fully saturated rings. The summed E-state index contributed by atoms with van der Waals surface area (Å²) in [5.74, 6) is 0.552. The van der Waals surface area contributed by atoms with E-state index in [1.165, 1.54) is 0 Å². The van der Waals surface area contributed by atoms with Gasteiger partial charge in [0.15, 0.2) is 0 Å². The van der Waals surface area contributed by atoms with E-state index < -0.39 is 0 Å². The highest BCUT2D eigenvalue weighted by atomic mass is 35.5. The van der Waals surface area contributed by atoms with Crippen LogP contribution in [-0.4, -0.2) is 15.0 Å². The van der Waals surface area contributed by atoms with Gasteiger partial charge in [0.05, 0.1) is 10.9 Å². The van der Waals surface area contributed by atoms with Crippen molar-refractivity contribution in [2.24, 2.45) is 0 Å². The molecule has 0 spiro atoms. The number of anilines is 1. The van der Waals surface area contributed by atoms with Gasteiger partial charge in [-0.1, -0.05) is 23.7 Å². The van der Waals surface area contributed by atoms with E-state index >= 15 is 0 Å². The molecular weight excluding hydrogens is 348 g/mol. The molecular formula is C20H15ClN4O. The van der Waals surface area contributed by atoms with Gasteiger partial charge in [0.1, 0.15) is 5.82 Å². The zero-order chi connectivity index (χ0) is 17.9. The second kappa shape index (κ2) is 6.98. The van der Waals surface area contributed by atoms with Gasteiger partial charge < -0.3 is 10.3 Å². The highest BCUT2D eigenvalue weighted by Crippen LogP contribution is 2.23. The Labute approximate surface area is 154 Å². The first-order valence-electron chi connectivity index (χ1n) is 8.11. The number of halogens is 1. The fourth-order valence-electron chi connectivity index (χ4n) is 2.83. The van der Waals surface area contributed by atoms with E-state index in [-0.39, 0.29) is 5.43 Å². The average Bonchev–Trinajstić information content (AvgIpc) is 2.68. The predicted octanol–water partition coefficient (Wildman–Crippen LogP) is 4.25. The molecule has 3 aromatic heterocycles. The lowest BCUT2D eigenvalue weighted by molar-refractivity contribution is 1.10. The Hall–Kier alpha value is -3.18. The van der Waals surface area contributed by atoms with Crippen LogP contribution >= 0.6 is 11.6 Å². The third-order valence-corrected chi connectivity index (χ3v) is 4.41. The summed E-state index contributed by atoms with van der Waals surface area (Å²) < 4.78 is 0. The molecule has 4 rings (SSSR count). The second-order valence-corrected chi connectivity index (χ2v) is 6.27. The Balaban J connectivity index is 1.77. The molecule has 3 heterocycles. The number of aromatic nitrogens is 3. The number of rotatable bonds is 4. The van der Waals surface area contributed by atoms with Gasteiger partial charge in [-0.2, -0.15) is 0 Å². The summed E-state index contributed by atoms with van der Waals surface area (Å²) in [5.41, 5.74) is 3.10. The Morgan fingerprint density at radius 1 is 1.00 bits per heavy atom. The number of aromatic amines is 1. The van der Waals surface area contributed by atoms with E-state index in [1.54, 1.807) is 43.0 Å². The molecule has 0 aliphatic heterocycles. The maximum Gasteiger partial charge on any atom is 0.200 e. The van der Waals surface area contributed by atoms with Crippen LogP contribution in [0.4, 0.5) is 5.82 Å². The van der Waals surface area contributed by atoms with Crippen LogP contribution < -0.4 is 10.7 Å². The van der Waals surface area contributed by atoms with Crippen LogP contribution in [0.5, 0.6) is 0 Å². The number of fused-ring (bicyclic) bond motifs is 1. The van der Waals surface area contributed by atoms with E-state index in [0.29, 0.717) is 28.3 Å². The molecule has 0 bridgehead atoms. The van der Waals surface area contributed by atoms with Crippen LogP contribution in [0.15, 0.2) is 72.0 Å². The molecule has 2 N–H and O–H groups in total. The molecule has 0 saturated carbocycles. The first kappa shape index (κ1) is 16.3. The standard InChI is InChI=1S/C20H15ClN4O/c21-15-3-1-14(2-4-15)16-12-24-17-7-10-23-20(18(17)19(16)26)25-11-13-5-8-22-9-6-13/h1-10,12H,11H2,(H,23,25)(H,24,26). The van der Waals surface area contributed by atoms with Gasteiger partial charge in [-0.25, -0.2) is 4.98 Å². The van der Waals surface area contributed by atoms with E-state index in [9.17, 15) is 4.79 Å². The molecule has 0 aliphatic carbocycles. The summed E-state index contributed by atoms with van der Waals surface area (Å²) in [5, 5.41) is 4.42. The molecule has 6 heteroatoms. The molecule has 5 nitrogen and oxygen atoms in total. The van der Waals surface area contributed by atoms with Crippen molar-refractivity contribution in [2.75, 3.05) is 5.32 Å². The maximum absolute atomic E-state index is 13.1. The zero-order valence-electron chi connectivity index (χ0n) is 13.7. The van der Waals surface area contributed by atoms with Gasteiger partial charge in [-0.05, 0) is 41.5 Å². The fraction of sp³-hybridized carbons (Fsp3) is 0.0500. The van der Waals surface area contributed by atoms with Gasteiger partial charge in [0.2, 0.25) is 5.43 Å².